The molecule has 0 radical (unpaired) electrons. The van der Waals surface area contributed by atoms with E-state index in [0.29, 0.717) is 19.4 Å². The normalized spacial score (nSPS) is 9.33. The smallest absolute Gasteiger partial charge is 0.221 e. The lowest BCUT2D eigenvalue weighted by Gasteiger charge is -2.04. The topological polar surface area (TPSA) is 29.1 Å². The van der Waals surface area contributed by atoms with Crippen LogP contribution in [0.15, 0.2) is 29.2 Å². The average molecular weight is 219 g/mol. The molecule has 1 N–H and O–H groups in total. The molecule has 0 atom stereocenters. The van der Waals surface area contributed by atoms with Gasteiger partial charge in [-0.15, -0.1) is 19.1 Å². The molecule has 78 valence electrons. The zero-order valence-electron chi connectivity index (χ0n) is 8.36. The fourth-order valence-corrected chi connectivity index (χ4v) is 1.48. The highest BCUT2D eigenvalue weighted by molar-refractivity contribution is 7.80. The van der Waals surface area contributed by atoms with E-state index < -0.39 is 0 Å². The van der Waals surface area contributed by atoms with Gasteiger partial charge in [-0.1, -0.05) is 24.1 Å². The van der Waals surface area contributed by atoms with Gasteiger partial charge >= 0.3 is 0 Å². The maximum atomic E-state index is 11.3. The summed E-state index contributed by atoms with van der Waals surface area (Å²) in [5.41, 5.74) is 1.08. The molecule has 3 heteroatoms. The maximum absolute atomic E-state index is 11.3. The molecule has 0 aromatic heterocycles. The zero-order valence-corrected chi connectivity index (χ0v) is 9.26. The molecule has 0 spiro atoms. The van der Waals surface area contributed by atoms with Gasteiger partial charge in [0.25, 0.3) is 0 Å². The van der Waals surface area contributed by atoms with Gasteiger partial charge in [0.1, 0.15) is 0 Å². The molecule has 0 saturated carbocycles. The van der Waals surface area contributed by atoms with Crippen LogP contribution in [0, 0.1) is 12.3 Å². The van der Waals surface area contributed by atoms with Crippen LogP contribution >= 0.6 is 12.6 Å². The van der Waals surface area contributed by atoms with Gasteiger partial charge in [-0.3, -0.25) is 4.79 Å². The molecule has 0 bridgehead atoms. The molecule has 2 nitrogen and oxygen atoms in total. The largest absolute Gasteiger partial charge is 0.345 e. The Morgan fingerprint density at radius 3 is 2.87 bits per heavy atom. The molecule has 1 amide bonds. The quantitative estimate of drug-likeness (QED) is 0.585. The predicted molar refractivity (Wildman–Crippen MR) is 63.9 cm³/mol. The number of thiol groups is 1. The summed E-state index contributed by atoms with van der Waals surface area (Å²) >= 11 is 4.31. The van der Waals surface area contributed by atoms with Crippen molar-refractivity contribution in [2.24, 2.45) is 0 Å². The lowest BCUT2D eigenvalue weighted by atomic mass is 10.1. The minimum absolute atomic E-state index is 0.0236. The van der Waals surface area contributed by atoms with E-state index in [2.05, 4.69) is 23.9 Å². The van der Waals surface area contributed by atoms with Crippen molar-refractivity contribution in [3.8, 4) is 12.3 Å². The summed E-state index contributed by atoms with van der Waals surface area (Å²) in [6.07, 6.45) is 6.17. The van der Waals surface area contributed by atoms with E-state index in [-0.39, 0.29) is 5.91 Å². The van der Waals surface area contributed by atoms with E-state index in [1.807, 2.05) is 24.3 Å². The predicted octanol–water partition coefficient (Wildman–Crippen LogP) is 1.66. The maximum Gasteiger partial charge on any atom is 0.221 e. The van der Waals surface area contributed by atoms with Crippen molar-refractivity contribution in [3.05, 3.63) is 29.8 Å². The number of amides is 1. The second-order valence-electron chi connectivity index (χ2n) is 3.11. The van der Waals surface area contributed by atoms with Crippen molar-refractivity contribution in [2.75, 3.05) is 6.54 Å². The number of benzene rings is 1. The average Bonchev–Trinajstić information content (AvgIpc) is 2.25. The lowest BCUT2D eigenvalue weighted by Crippen LogP contribution is -2.23. The van der Waals surface area contributed by atoms with Crippen molar-refractivity contribution in [2.45, 2.75) is 17.7 Å². The third-order valence-electron chi connectivity index (χ3n) is 2.00. The van der Waals surface area contributed by atoms with Gasteiger partial charge in [0, 0.05) is 11.3 Å². The summed E-state index contributed by atoms with van der Waals surface area (Å²) in [6, 6.07) is 7.74. The molecule has 0 saturated heterocycles. The van der Waals surface area contributed by atoms with E-state index in [9.17, 15) is 4.79 Å². The first-order valence-electron chi connectivity index (χ1n) is 4.71. The molecule has 0 aliphatic rings. The summed E-state index contributed by atoms with van der Waals surface area (Å²) < 4.78 is 0. The number of carbonyl (C=O) groups excluding carboxylic acids is 1. The first kappa shape index (κ1) is 11.7. The summed E-state index contributed by atoms with van der Waals surface area (Å²) in [5.74, 6) is 2.34. The summed E-state index contributed by atoms with van der Waals surface area (Å²) in [4.78, 5) is 12.2. The molecule has 1 aromatic carbocycles. The van der Waals surface area contributed by atoms with E-state index in [1.165, 1.54) is 0 Å². The third-order valence-corrected chi connectivity index (χ3v) is 2.44. The Hall–Kier alpha value is -1.40. The van der Waals surface area contributed by atoms with Crippen molar-refractivity contribution < 1.29 is 4.79 Å². The molecule has 1 rings (SSSR count). The molecular formula is C12H13NOS. The van der Waals surface area contributed by atoms with Crippen molar-refractivity contribution in [1.82, 2.24) is 5.32 Å². The number of terminal acetylenes is 1. The monoisotopic (exact) mass is 219 g/mol. The number of carbonyl (C=O) groups is 1. The number of nitrogens with one attached hydrogen (secondary N) is 1. The molecular weight excluding hydrogens is 206 g/mol. The van der Waals surface area contributed by atoms with Crippen LogP contribution in [0.2, 0.25) is 0 Å². The van der Waals surface area contributed by atoms with E-state index in [4.69, 9.17) is 6.42 Å². The Kier molecular flexibility index (Phi) is 4.79. The second-order valence-corrected chi connectivity index (χ2v) is 3.59. The van der Waals surface area contributed by atoms with Gasteiger partial charge in [-0.25, -0.2) is 0 Å². The molecule has 0 fully saturated rings. The number of hydrogen-bond donors (Lipinski definition) is 2. The standard InChI is InChI=1S/C12H13NOS/c1-2-9-13-12(14)8-7-10-5-3-4-6-11(10)15/h1,3-6,15H,7-9H2,(H,13,14). The van der Waals surface area contributed by atoms with Crippen LogP contribution in [0.25, 0.3) is 0 Å². The Morgan fingerprint density at radius 2 is 2.20 bits per heavy atom. The Labute approximate surface area is 95.5 Å². The van der Waals surface area contributed by atoms with Crippen LogP contribution < -0.4 is 5.32 Å². The second kappa shape index (κ2) is 6.15. The SMILES string of the molecule is C#CCNC(=O)CCc1ccccc1S. The highest BCUT2D eigenvalue weighted by Gasteiger charge is 2.02. The Bertz CT molecular complexity index is 381. The highest BCUT2D eigenvalue weighted by Crippen LogP contribution is 2.14. The third kappa shape index (κ3) is 4.09. The van der Waals surface area contributed by atoms with Crippen molar-refractivity contribution >= 4 is 18.5 Å². The van der Waals surface area contributed by atoms with Gasteiger partial charge in [0.2, 0.25) is 5.91 Å². The van der Waals surface area contributed by atoms with Crippen LogP contribution in [0.4, 0.5) is 0 Å². The summed E-state index contributed by atoms with van der Waals surface area (Å²) in [6.45, 7) is 0.293. The molecule has 0 aliphatic heterocycles. The van der Waals surface area contributed by atoms with Crippen LogP contribution in [-0.4, -0.2) is 12.5 Å². The minimum Gasteiger partial charge on any atom is -0.345 e. The van der Waals surface area contributed by atoms with E-state index >= 15 is 0 Å². The van der Waals surface area contributed by atoms with Crippen LogP contribution in [0.5, 0.6) is 0 Å². The lowest BCUT2D eigenvalue weighted by molar-refractivity contribution is -0.120. The fourth-order valence-electron chi connectivity index (χ4n) is 1.21. The van der Waals surface area contributed by atoms with Crippen LogP contribution in [0.3, 0.4) is 0 Å². The first-order valence-corrected chi connectivity index (χ1v) is 5.16. The van der Waals surface area contributed by atoms with Crippen molar-refractivity contribution in [1.29, 1.82) is 0 Å². The number of rotatable bonds is 4. The fraction of sp³-hybridized carbons (Fsp3) is 0.250. The van der Waals surface area contributed by atoms with Gasteiger partial charge in [-0.2, -0.15) is 0 Å². The van der Waals surface area contributed by atoms with Crippen molar-refractivity contribution in [3.63, 3.8) is 0 Å². The summed E-state index contributed by atoms with van der Waals surface area (Å²) in [7, 11) is 0. The van der Waals surface area contributed by atoms with Gasteiger partial charge < -0.3 is 5.32 Å². The highest BCUT2D eigenvalue weighted by atomic mass is 32.1. The van der Waals surface area contributed by atoms with Gasteiger partial charge in [-0.05, 0) is 18.1 Å². The van der Waals surface area contributed by atoms with Crippen LogP contribution in [0.1, 0.15) is 12.0 Å². The van der Waals surface area contributed by atoms with E-state index in [1.54, 1.807) is 0 Å². The van der Waals surface area contributed by atoms with Crippen LogP contribution in [-0.2, 0) is 11.2 Å². The summed E-state index contributed by atoms with van der Waals surface area (Å²) in [5, 5.41) is 2.62. The molecule has 0 heterocycles. The molecule has 0 unspecified atom stereocenters. The first-order chi connectivity index (χ1) is 7.24. The molecule has 15 heavy (non-hydrogen) atoms. The van der Waals surface area contributed by atoms with Gasteiger partial charge in [0.05, 0.1) is 6.54 Å². The van der Waals surface area contributed by atoms with E-state index in [0.717, 1.165) is 10.5 Å². The molecule has 0 aliphatic carbocycles. The number of aryl methyl sites for hydroxylation is 1. The number of hydrogen-bond acceptors (Lipinski definition) is 2. The minimum atomic E-state index is -0.0236. The zero-order chi connectivity index (χ0) is 11.1. The Morgan fingerprint density at radius 1 is 1.47 bits per heavy atom. The molecule has 1 aromatic rings. The Balaban J connectivity index is 2.41. The van der Waals surface area contributed by atoms with Gasteiger partial charge in [0.15, 0.2) is 0 Å².